The number of likely N-dealkylation sites (tertiary alicyclic amines) is 1. The van der Waals surface area contributed by atoms with Crippen LogP contribution in [0.4, 0.5) is 0 Å². The number of hydrogen-bond acceptors (Lipinski definition) is 5. The molecule has 1 unspecified atom stereocenters. The van der Waals surface area contributed by atoms with Crippen LogP contribution >= 0.6 is 11.6 Å². The topological polar surface area (TPSA) is 70.1 Å². The summed E-state index contributed by atoms with van der Waals surface area (Å²) in [5.41, 5.74) is 1.20. The molecular formula is C25H29ClN2O4. The fraction of sp³-hybridized carbons (Fsp3) is 0.360. The van der Waals surface area contributed by atoms with E-state index in [0.717, 1.165) is 6.54 Å². The van der Waals surface area contributed by atoms with Gasteiger partial charge in [-0.2, -0.15) is 0 Å². The van der Waals surface area contributed by atoms with Crippen molar-refractivity contribution < 1.29 is 19.4 Å². The van der Waals surface area contributed by atoms with Crippen LogP contribution in [0.3, 0.4) is 0 Å². The number of carbonyl (C=O) groups is 2. The largest absolute Gasteiger partial charge is 0.507 e. The standard InChI is InChI=1S/C25H29ClN2O4/c1-16(2)32-20-11-9-17(10-12-20)23(29)21-22(18-7-5-8-19(26)15-18)28(25(31)24(21)30)14-6-13-27(3)4/h5,7-12,15-16,22,29H,6,13-14H2,1-4H3/b23-21+. The Morgan fingerprint density at radius 3 is 2.44 bits per heavy atom. The number of halogens is 1. The molecular weight excluding hydrogens is 428 g/mol. The van der Waals surface area contributed by atoms with Crippen LogP contribution in [0.15, 0.2) is 54.1 Å². The van der Waals surface area contributed by atoms with Crippen molar-refractivity contribution in [3.63, 3.8) is 0 Å². The van der Waals surface area contributed by atoms with E-state index in [1.54, 1.807) is 42.5 Å². The first-order valence-corrected chi connectivity index (χ1v) is 11.0. The average molecular weight is 457 g/mol. The maximum Gasteiger partial charge on any atom is 0.295 e. The third-order valence-corrected chi connectivity index (χ3v) is 5.44. The Morgan fingerprint density at radius 1 is 1.16 bits per heavy atom. The van der Waals surface area contributed by atoms with Crippen molar-refractivity contribution in [3.8, 4) is 5.75 Å². The Bertz CT molecular complexity index is 1010. The van der Waals surface area contributed by atoms with Gasteiger partial charge >= 0.3 is 0 Å². The molecule has 170 valence electrons. The Morgan fingerprint density at radius 2 is 1.84 bits per heavy atom. The normalized spacial score (nSPS) is 18.1. The van der Waals surface area contributed by atoms with E-state index >= 15 is 0 Å². The van der Waals surface area contributed by atoms with Gasteiger partial charge in [-0.3, -0.25) is 9.59 Å². The second-order valence-electron chi connectivity index (χ2n) is 8.40. The minimum atomic E-state index is -0.706. The molecule has 1 heterocycles. The molecule has 1 amide bonds. The van der Waals surface area contributed by atoms with Gasteiger partial charge in [0.05, 0.1) is 17.7 Å². The maximum absolute atomic E-state index is 13.0. The van der Waals surface area contributed by atoms with E-state index in [-0.39, 0.29) is 17.4 Å². The number of amides is 1. The third kappa shape index (κ3) is 5.31. The van der Waals surface area contributed by atoms with E-state index in [4.69, 9.17) is 16.3 Å². The molecule has 1 aliphatic rings. The molecule has 1 atom stereocenters. The summed E-state index contributed by atoms with van der Waals surface area (Å²) in [7, 11) is 3.91. The smallest absolute Gasteiger partial charge is 0.295 e. The van der Waals surface area contributed by atoms with Gasteiger partial charge in [0.15, 0.2) is 0 Å². The summed E-state index contributed by atoms with van der Waals surface area (Å²) in [4.78, 5) is 29.5. The van der Waals surface area contributed by atoms with Crippen molar-refractivity contribution in [2.45, 2.75) is 32.4 Å². The first kappa shape index (κ1) is 23.8. The molecule has 1 aliphatic heterocycles. The van der Waals surface area contributed by atoms with Crippen LogP contribution in [-0.4, -0.2) is 59.9 Å². The van der Waals surface area contributed by atoms with Gasteiger partial charge in [0.25, 0.3) is 11.7 Å². The quantitative estimate of drug-likeness (QED) is 0.360. The van der Waals surface area contributed by atoms with E-state index in [1.807, 2.05) is 38.9 Å². The molecule has 2 aromatic rings. The van der Waals surface area contributed by atoms with Crippen LogP contribution in [0.5, 0.6) is 5.75 Å². The van der Waals surface area contributed by atoms with Gasteiger partial charge in [0.2, 0.25) is 0 Å². The lowest BCUT2D eigenvalue weighted by atomic mass is 9.95. The fourth-order valence-corrected chi connectivity index (χ4v) is 4.01. The highest BCUT2D eigenvalue weighted by atomic mass is 35.5. The number of aliphatic hydroxyl groups is 1. The highest BCUT2D eigenvalue weighted by molar-refractivity contribution is 6.46. The zero-order valence-electron chi connectivity index (χ0n) is 18.8. The van der Waals surface area contributed by atoms with Gasteiger partial charge in [-0.15, -0.1) is 0 Å². The van der Waals surface area contributed by atoms with Crippen molar-refractivity contribution >= 4 is 29.1 Å². The van der Waals surface area contributed by atoms with E-state index in [1.165, 1.54) is 4.90 Å². The monoisotopic (exact) mass is 456 g/mol. The molecule has 3 rings (SSSR count). The van der Waals surface area contributed by atoms with Crippen LogP contribution in [-0.2, 0) is 9.59 Å². The van der Waals surface area contributed by atoms with Gasteiger partial charge in [-0.05, 0) is 82.9 Å². The summed E-state index contributed by atoms with van der Waals surface area (Å²) in [6.07, 6.45) is 0.711. The summed E-state index contributed by atoms with van der Waals surface area (Å²) >= 11 is 6.21. The SMILES string of the molecule is CC(C)Oc1ccc(/C(O)=C2\C(=O)C(=O)N(CCCN(C)C)C2c2cccc(Cl)c2)cc1. The number of rotatable bonds is 8. The number of hydrogen-bond donors (Lipinski definition) is 1. The highest BCUT2D eigenvalue weighted by Gasteiger charge is 2.45. The van der Waals surface area contributed by atoms with Gasteiger partial charge in [0, 0.05) is 17.1 Å². The molecule has 0 saturated carbocycles. The number of ketones is 1. The number of Topliss-reactive ketones (excluding diaryl/α,β-unsaturated/α-hetero) is 1. The third-order valence-electron chi connectivity index (χ3n) is 5.21. The molecule has 7 heteroatoms. The first-order valence-electron chi connectivity index (χ1n) is 10.6. The van der Waals surface area contributed by atoms with Gasteiger partial charge in [0.1, 0.15) is 11.5 Å². The molecule has 1 fully saturated rings. The number of benzene rings is 2. The van der Waals surface area contributed by atoms with E-state index in [2.05, 4.69) is 0 Å². The van der Waals surface area contributed by atoms with Crippen molar-refractivity contribution in [1.82, 2.24) is 9.80 Å². The van der Waals surface area contributed by atoms with E-state index < -0.39 is 17.7 Å². The number of nitrogens with zero attached hydrogens (tertiary/aromatic N) is 2. The number of aliphatic hydroxyl groups excluding tert-OH is 1. The summed E-state index contributed by atoms with van der Waals surface area (Å²) in [5.74, 6) is -0.860. The number of ether oxygens (including phenoxy) is 1. The van der Waals surface area contributed by atoms with Crippen LogP contribution in [0.25, 0.3) is 5.76 Å². The van der Waals surface area contributed by atoms with E-state index in [0.29, 0.717) is 34.9 Å². The van der Waals surface area contributed by atoms with Gasteiger partial charge in [-0.1, -0.05) is 23.7 Å². The molecule has 0 aromatic heterocycles. The molecule has 0 bridgehead atoms. The van der Waals surface area contributed by atoms with Crippen molar-refractivity contribution in [2.75, 3.05) is 27.2 Å². The average Bonchev–Trinajstić information content (AvgIpc) is 2.98. The van der Waals surface area contributed by atoms with Crippen LogP contribution in [0.1, 0.15) is 37.4 Å². The van der Waals surface area contributed by atoms with Crippen LogP contribution < -0.4 is 4.74 Å². The summed E-state index contributed by atoms with van der Waals surface area (Å²) in [5, 5.41) is 11.6. The van der Waals surface area contributed by atoms with Gasteiger partial charge in [-0.25, -0.2) is 0 Å². The lowest BCUT2D eigenvalue weighted by Gasteiger charge is -2.26. The maximum atomic E-state index is 13.0. The number of carbonyl (C=O) groups excluding carboxylic acids is 2. The van der Waals surface area contributed by atoms with Crippen LogP contribution in [0.2, 0.25) is 5.02 Å². The lowest BCUT2D eigenvalue weighted by Crippen LogP contribution is -2.32. The predicted octanol–water partition coefficient (Wildman–Crippen LogP) is 4.50. The first-order chi connectivity index (χ1) is 15.2. The van der Waals surface area contributed by atoms with Gasteiger partial charge < -0.3 is 19.6 Å². The molecule has 1 N–H and O–H groups in total. The second-order valence-corrected chi connectivity index (χ2v) is 8.83. The molecule has 6 nitrogen and oxygen atoms in total. The Kier molecular flexibility index (Phi) is 7.59. The molecule has 0 aliphatic carbocycles. The minimum absolute atomic E-state index is 0.0183. The zero-order chi connectivity index (χ0) is 23.4. The molecule has 32 heavy (non-hydrogen) atoms. The van der Waals surface area contributed by atoms with Crippen molar-refractivity contribution in [1.29, 1.82) is 0 Å². The van der Waals surface area contributed by atoms with Crippen molar-refractivity contribution in [2.24, 2.45) is 0 Å². The molecule has 2 aromatic carbocycles. The second kappa shape index (κ2) is 10.2. The Hall–Kier alpha value is -2.83. The zero-order valence-corrected chi connectivity index (χ0v) is 19.6. The summed E-state index contributed by atoms with van der Waals surface area (Å²) in [6.45, 7) is 5.01. The summed E-state index contributed by atoms with van der Waals surface area (Å²) < 4.78 is 5.65. The Balaban J connectivity index is 2.04. The van der Waals surface area contributed by atoms with Crippen LogP contribution in [0, 0.1) is 0 Å². The van der Waals surface area contributed by atoms with Crippen molar-refractivity contribution in [3.05, 3.63) is 70.3 Å². The fourth-order valence-electron chi connectivity index (χ4n) is 3.81. The van der Waals surface area contributed by atoms with E-state index in [9.17, 15) is 14.7 Å². The molecule has 0 radical (unpaired) electrons. The minimum Gasteiger partial charge on any atom is -0.507 e. The predicted molar refractivity (Wildman–Crippen MR) is 126 cm³/mol. The Labute approximate surface area is 194 Å². The molecule has 1 saturated heterocycles. The highest BCUT2D eigenvalue weighted by Crippen LogP contribution is 2.40. The summed E-state index contributed by atoms with van der Waals surface area (Å²) in [6, 6.07) is 13.2. The molecule has 0 spiro atoms. The lowest BCUT2D eigenvalue weighted by molar-refractivity contribution is -0.139.